The molecule has 1 N–H and O–H groups in total. The Morgan fingerprint density at radius 3 is 2.50 bits per heavy atom. The fraction of sp³-hybridized carbons (Fsp3) is 0.353. The summed E-state index contributed by atoms with van der Waals surface area (Å²) in [7, 11) is 0. The molecule has 1 saturated carbocycles. The molecule has 1 fully saturated rings. The van der Waals surface area contributed by atoms with Crippen LogP contribution in [0.1, 0.15) is 43.1 Å². The molecule has 1 aliphatic rings. The third-order valence-electron chi connectivity index (χ3n) is 3.88. The lowest BCUT2D eigenvalue weighted by Gasteiger charge is -2.23. The Labute approximate surface area is 119 Å². The van der Waals surface area contributed by atoms with E-state index in [0.717, 1.165) is 11.3 Å². The molecule has 1 heterocycles. The van der Waals surface area contributed by atoms with Gasteiger partial charge in [-0.3, -0.25) is 4.98 Å². The van der Waals surface area contributed by atoms with Gasteiger partial charge in [0.2, 0.25) is 0 Å². The van der Waals surface area contributed by atoms with Crippen molar-refractivity contribution in [2.45, 2.75) is 31.8 Å². The van der Waals surface area contributed by atoms with Crippen LogP contribution in [-0.2, 0) is 0 Å². The molecule has 1 aliphatic carbocycles. The zero-order valence-corrected chi connectivity index (χ0v) is 11.6. The second-order valence-corrected chi connectivity index (χ2v) is 5.51. The van der Waals surface area contributed by atoms with E-state index in [-0.39, 0.29) is 17.9 Å². The van der Waals surface area contributed by atoms with Gasteiger partial charge in [-0.15, -0.1) is 0 Å². The van der Waals surface area contributed by atoms with E-state index in [2.05, 4.69) is 17.2 Å². The molecule has 2 unspecified atom stereocenters. The fourth-order valence-corrected chi connectivity index (χ4v) is 2.59. The van der Waals surface area contributed by atoms with Crippen molar-refractivity contribution in [3.8, 4) is 0 Å². The molecule has 20 heavy (non-hydrogen) atoms. The van der Waals surface area contributed by atoms with Crippen LogP contribution < -0.4 is 5.32 Å². The van der Waals surface area contributed by atoms with Gasteiger partial charge in [0.05, 0.1) is 5.69 Å². The molecule has 2 aromatic rings. The van der Waals surface area contributed by atoms with Crippen molar-refractivity contribution in [2.24, 2.45) is 5.92 Å². The van der Waals surface area contributed by atoms with E-state index in [1.54, 1.807) is 0 Å². The van der Waals surface area contributed by atoms with Gasteiger partial charge in [-0.2, -0.15) is 0 Å². The largest absolute Gasteiger partial charge is 0.302 e. The van der Waals surface area contributed by atoms with Gasteiger partial charge in [-0.1, -0.05) is 18.2 Å². The quantitative estimate of drug-likeness (QED) is 0.887. The van der Waals surface area contributed by atoms with Crippen molar-refractivity contribution in [2.75, 3.05) is 0 Å². The SMILES string of the molecule is CC(NC(c1ccc(F)cc1)C1CC1)c1ccccn1. The molecule has 2 nitrogen and oxygen atoms in total. The molecule has 3 heteroatoms. The highest BCUT2D eigenvalue weighted by atomic mass is 19.1. The Morgan fingerprint density at radius 1 is 1.15 bits per heavy atom. The number of rotatable bonds is 5. The normalized spacial score (nSPS) is 17.7. The molecular weight excluding hydrogens is 251 g/mol. The topological polar surface area (TPSA) is 24.9 Å². The van der Waals surface area contributed by atoms with Gasteiger partial charge in [-0.25, -0.2) is 4.39 Å². The summed E-state index contributed by atoms with van der Waals surface area (Å²) in [5.41, 5.74) is 2.21. The molecule has 0 radical (unpaired) electrons. The average molecular weight is 270 g/mol. The van der Waals surface area contributed by atoms with Crippen LogP contribution in [0.2, 0.25) is 0 Å². The Bertz CT molecular complexity index is 549. The molecule has 0 spiro atoms. The molecular formula is C17H19FN2. The second kappa shape index (κ2) is 5.71. The van der Waals surface area contributed by atoms with E-state index in [0.29, 0.717) is 5.92 Å². The van der Waals surface area contributed by atoms with Crippen LogP contribution in [-0.4, -0.2) is 4.98 Å². The second-order valence-electron chi connectivity index (χ2n) is 5.51. The monoisotopic (exact) mass is 270 g/mol. The highest BCUT2D eigenvalue weighted by molar-refractivity contribution is 5.23. The van der Waals surface area contributed by atoms with Gasteiger partial charge in [0.1, 0.15) is 5.82 Å². The molecule has 0 bridgehead atoms. The van der Waals surface area contributed by atoms with Crippen molar-refractivity contribution < 1.29 is 4.39 Å². The van der Waals surface area contributed by atoms with Crippen LogP contribution in [0.5, 0.6) is 0 Å². The van der Waals surface area contributed by atoms with Crippen LogP contribution in [0.3, 0.4) is 0 Å². The van der Waals surface area contributed by atoms with Gasteiger partial charge in [-0.05, 0) is 55.5 Å². The zero-order chi connectivity index (χ0) is 13.9. The highest BCUT2D eigenvalue weighted by Crippen LogP contribution is 2.42. The van der Waals surface area contributed by atoms with Gasteiger partial charge in [0.25, 0.3) is 0 Å². The minimum atomic E-state index is -0.180. The number of hydrogen-bond donors (Lipinski definition) is 1. The molecule has 3 rings (SSSR count). The van der Waals surface area contributed by atoms with Crippen LogP contribution in [0, 0.1) is 11.7 Å². The van der Waals surface area contributed by atoms with Crippen molar-refractivity contribution in [3.05, 3.63) is 65.7 Å². The Morgan fingerprint density at radius 2 is 1.90 bits per heavy atom. The summed E-state index contributed by atoms with van der Waals surface area (Å²) < 4.78 is 13.1. The summed E-state index contributed by atoms with van der Waals surface area (Å²) in [5, 5.41) is 3.65. The minimum absolute atomic E-state index is 0.180. The first kappa shape index (κ1) is 13.3. The average Bonchev–Trinajstić information content (AvgIpc) is 3.31. The van der Waals surface area contributed by atoms with Crippen LogP contribution >= 0.6 is 0 Å². The van der Waals surface area contributed by atoms with Gasteiger partial charge in [0, 0.05) is 18.3 Å². The summed E-state index contributed by atoms with van der Waals surface area (Å²) >= 11 is 0. The molecule has 1 aromatic heterocycles. The number of benzene rings is 1. The van der Waals surface area contributed by atoms with Crippen molar-refractivity contribution in [1.29, 1.82) is 0 Å². The first-order valence-electron chi connectivity index (χ1n) is 7.16. The zero-order valence-electron chi connectivity index (χ0n) is 11.6. The first-order valence-corrected chi connectivity index (χ1v) is 7.16. The highest BCUT2D eigenvalue weighted by Gasteiger charge is 2.33. The summed E-state index contributed by atoms with van der Waals surface area (Å²) in [6.07, 6.45) is 4.30. The number of aromatic nitrogens is 1. The molecule has 0 saturated heterocycles. The number of nitrogens with zero attached hydrogens (tertiary/aromatic N) is 1. The lowest BCUT2D eigenvalue weighted by atomic mass is 10.0. The van der Waals surface area contributed by atoms with Crippen LogP contribution in [0.25, 0.3) is 0 Å². The molecule has 1 aromatic carbocycles. The van der Waals surface area contributed by atoms with E-state index < -0.39 is 0 Å². The predicted octanol–water partition coefficient (Wildman–Crippen LogP) is 4.02. The van der Waals surface area contributed by atoms with Gasteiger partial charge < -0.3 is 5.32 Å². The Kier molecular flexibility index (Phi) is 3.79. The molecule has 0 amide bonds. The van der Waals surface area contributed by atoms with Crippen molar-refractivity contribution in [1.82, 2.24) is 10.3 Å². The molecule has 104 valence electrons. The van der Waals surface area contributed by atoms with Gasteiger partial charge in [0.15, 0.2) is 0 Å². The summed E-state index contributed by atoms with van der Waals surface area (Å²) in [6, 6.07) is 13.3. The summed E-state index contributed by atoms with van der Waals surface area (Å²) in [5.74, 6) is 0.479. The summed E-state index contributed by atoms with van der Waals surface area (Å²) in [4.78, 5) is 4.40. The van der Waals surface area contributed by atoms with Crippen LogP contribution in [0.4, 0.5) is 4.39 Å². The minimum Gasteiger partial charge on any atom is -0.302 e. The van der Waals surface area contributed by atoms with Crippen molar-refractivity contribution >= 4 is 0 Å². The molecule has 0 aliphatic heterocycles. The van der Waals surface area contributed by atoms with E-state index in [1.165, 1.54) is 25.0 Å². The third-order valence-corrected chi connectivity index (χ3v) is 3.88. The first-order chi connectivity index (χ1) is 9.74. The number of halogens is 1. The van der Waals surface area contributed by atoms with Crippen molar-refractivity contribution in [3.63, 3.8) is 0 Å². The maximum absolute atomic E-state index is 13.1. The van der Waals surface area contributed by atoms with Crippen LogP contribution in [0.15, 0.2) is 48.7 Å². The number of pyridine rings is 1. The standard InChI is InChI=1S/C17H19FN2/c1-12(16-4-2-3-11-19-16)20-17(13-5-6-13)14-7-9-15(18)10-8-14/h2-4,7-13,17,20H,5-6H2,1H3. The smallest absolute Gasteiger partial charge is 0.123 e. The lowest BCUT2D eigenvalue weighted by molar-refractivity contribution is 0.422. The summed E-state index contributed by atoms with van der Waals surface area (Å²) in [6.45, 7) is 2.13. The van der Waals surface area contributed by atoms with E-state index in [1.807, 2.05) is 36.5 Å². The Hall–Kier alpha value is -1.74. The predicted molar refractivity (Wildman–Crippen MR) is 77.7 cm³/mol. The lowest BCUT2D eigenvalue weighted by Crippen LogP contribution is -2.26. The Balaban J connectivity index is 1.76. The van der Waals surface area contributed by atoms with Gasteiger partial charge >= 0.3 is 0 Å². The maximum atomic E-state index is 13.1. The molecule has 2 atom stereocenters. The van der Waals surface area contributed by atoms with E-state index >= 15 is 0 Å². The number of hydrogen-bond acceptors (Lipinski definition) is 2. The fourth-order valence-electron chi connectivity index (χ4n) is 2.59. The van der Waals surface area contributed by atoms with E-state index in [4.69, 9.17) is 0 Å². The number of nitrogens with one attached hydrogen (secondary N) is 1. The third kappa shape index (κ3) is 3.05. The van der Waals surface area contributed by atoms with E-state index in [9.17, 15) is 4.39 Å². The maximum Gasteiger partial charge on any atom is 0.123 e.